The molecule has 1 aromatic heterocycles. The van der Waals surface area contributed by atoms with Gasteiger partial charge in [-0.1, -0.05) is 61.7 Å². The lowest BCUT2D eigenvalue weighted by Crippen LogP contribution is -2.24. The Morgan fingerprint density at radius 3 is 2.54 bits per heavy atom. The number of nitrogens with zero attached hydrogens (tertiary/aromatic N) is 2. The van der Waals surface area contributed by atoms with Crippen LogP contribution in [0.4, 0.5) is 13.2 Å². The van der Waals surface area contributed by atoms with Crippen LogP contribution in [0.2, 0.25) is 0 Å². The molecule has 0 aliphatic carbocycles. The molecule has 41 heavy (non-hydrogen) atoms. The van der Waals surface area contributed by atoms with Gasteiger partial charge in [0.2, 0.25) is 0 Å². The van der Waals surface area contributed by atoms with Crippen LogP contribution < -0.4 is 5.32 Å². The molecule has 0 unspecified atom stereocenters. The van der Waals surface area contributed by atoms with E-state index in [9.17, 15) is 13.2 Å². The van der Waals surface area contributed by atoms with Crippen LogP contribution in [0.3, 0.4) is 0 Å². The van der Waals surface area contributed by atoms with Gasteiger partial charge >= 0.3 is 0 Å². The Bertz CT molecular complexity index is 1520. The standard InChI is InChI=1S/C35H36F3N3/c1-6-33(13-10-24(2)16-28-8-7-9-32(36)18-28)40-27(5)26(4)34-19-30(12-11-25(34)3)31-17-29(20-39-21-31)22-41-15-14-35(37,38)23-41/h6-13,17-21,40H,2,4-5,14-16,22-23H2,1,3H3/b13-10-,33-6+. The van der Waals surface area contributed by atoms with Crippen LogP contribution >= 0.6 is 0 Å². The molecule has 0 atom stereocenters. The van der Waals surface area contributed by atoms with Crippen molar-refractivity contribution < 1.29 is 13.2 Å². The Morgan fingerprint density at radius 1 is 1.02 bits per heavy atom. The summed E-state index contributed by atoms with van der Waals surface area (Å²) in [7, 11) is 0. The van der Waals surface area contributed by atoms with Gasteiger partial charge < -0.3 is 5.32 Å². The number of alkyl halides is 2. The molecule has 1 saturated heterocycles. The van der Waals surface area contributed by atoms with E-state index in [0.717, 1.165) is 50.2 Å². The number of nitrogens with one attached hydrogen (secondary N) is 1. The molecule has 3 aromatic rings. The van der Waals surface area contributed by atoms with Crippen molar-refractivity contribution in [1.29, 1.82) is 0 Å². The zero-order valence-corrected chi connectivity index (χ0v) is 23.7. The van der Waals surface area contributed by atoms with Crippen LogP contribution in [0.15, 0.2) is 116 Å². The van der Waals surface area contributed by atoms with E-state index in [2.05, 4.69) is 36.1 Å². The molecule has 0 saturated carbocycles. The van der Waals surface area contributed by atoms with Crippen molar-refractivity contribution in [2.75, 3.05) is 13.1 Å². The molecule has 6 heteroatoms. The number of likely N-dealkylation sites (tertiary alicyclic amines) is 1. The average Bonchev–Trinajstić information content (AvgIpc) is 3.28. The molecule has 1 aliphatic heterocycles. The first-order chi connectivity index (χ1) is 19.5. The second-order valence-corrected chi connectivity index (χ2v) is 10.6. The van der Waals surface area contributed by atoms with Gasteiger partial charge in [-0.25, -0.2) is 13.2 Å². The van der Waals surface area contributed by atoms with Crippen LogP contribution in [-0.4, -0.2) is 28.9 Å². The van der Waals surface area contributed by atoms with Gasteiger partial charge in [0.15, 0.2) is 0 Å². The summed E-state index contributed by atoms with van der Waals surface area (Å²) in [6.07, 6.45) is 9.71. The van der Waals surface area contributed by atoms with Gasteiger partial charge in [0.05, 0.1) is 6.54 Å². The zero-order chi connectivity index (χ0) is 29.6. The number of aromatic nitrogens is 1. The lowest BCUT2D eigenvalue weighted by molar-refractivity contribution is 0.0115. The van der Waals surface area contributed by atoms with Crippen molar-refractivity contribution in [1.82, 2.24) is 15.2 Å². The van der Waals surface area contributed by atoms with E-state index in [1.54, 1.807) is 23.4 Å². The molecule has 0 spiro atoms. The number of hydrogen-bond acceptors (Lipinski definition) is 3. The Hall–Kier alpha value is -4.16. The smallest absolute Gasteiger partial charge is 0.261 e. The van der Waals surface area contributed by atoms with Crippen LogP contribution in [0.1, 0.15) is 35.6 Å². The molecule has 2 heterocycles. The third-order valence-corrected chi connectivity index (χ3v) is 7.14. The Kier molecular flexibility index (Phi) is 9.46. The number of benzene rings is 2. The predicted octanol–water partition coefficient (Wildman–Crippen LogP) is 8.41. The summed E-state index contributed by atoms with van der Waals surface area (Å²) < 4.78 is 40.8. The number of aryl methyl sites for hydroxylation is 1. The minimum absolute atomic E-state index is 0.101. The molecule has 212 valence electrons. The summed E-state index contributed by atoms with van der Waals surface area (Å²) in [4.78, 5) is 6.15. The molecule has 1 aliphatic rings. The van der Waals surface area contributed by atoms with Crippen LogP contribution in [0, 0.1) is 12.7 Å². The van der Waals surface area contributed by atoms with Crippen LogP contribution in [-0.2, 0) is 13.0 Å². The Labute approximate surface area is 241 Å². The molecule has 4 rings (SSSR count). The quantitative estimate of drug-likeness (QED) is 0.241. The van der Waals surface area contributed by atoms with Crippen LogP contribution in [0.25, 0.3) is 16.7 Å². The van der Waals surface area contributed by atoms with Crippen molar-refractivity contribution in [2.45, 2.75) is 39.2 Å². The van der Waals surface area contributed by atoms with Crippen molar-refractivity contribution in [3.63, 3.8) is 0 Å². The summed E-state index contributed by atoms with van der Waals surface area (Å²) in [6.45, 7) is 17.2. The maximum Gasteiger partial charge on any atom is 0.261 e. The highest BCUT2D eigenvalue weighted by atomic mass is 19.3. The van der Waals surface area contributed by atoms with Gasteiger partial charge in [-0.05, 0) is 84.0 Å². The van der Waals surface area contributed by atoms with Gasteiger partial charge in [0.25, 0.3) is 5.92 Å². The predicted molar refractivity (Wildman–Crippen MR) is 163 cm³/mol. The molecule has 2 aromatic carbocycles. The number of allylic oxidation sites excluding steroid dienone is 5. The van der Waals surface area contributed by atoms with Crippen molar-refractivity contribution in [3.05, 3.63) is 144 Å². The fourth-order valence-electron chi connectivity index (χ4n) is 4.86. The topological polar surface area (TPSA) is 28.2 Å². The van der Waals surface area contributed by atoms with Crippen molar-refractivity contribution in [2.24, 2.45) is 0 Å². The van der Waals surface area contributed by atoms with E-state index in [4.69, 9.17) is 0 Å². The SMILES string of the molecule is C=C(/C=C\C(=C/C)NC(=C)C(=C)c1cc(-c2cncc(CN3CCC(F)(F)C3)c2)ccc1C)Cc1cccc(F)c1. The first kappa shape index (κ1) is 29.8. The molecule has 1 fully saturated rings. The average molecular weight is 556 g/mol. The molecule has 3 nitrogen and oxygen atoms in total. The molecule has 1 N–H and O–H groups in total. The third kappa shape index (κ3) is 8.18. The second kappa shape index (κ2) is 13.0. The summed E-state index contributed by atoms with van der Waals surface area (Å²) in [6, 6.07) is 14.6. The van der Waals surface area contributed by atoms with E-state index < -0.39 is 5.92 Å². The van der Waals surface area contributed by atoms with E-state index >= 15 is 0 Å². The van der Waals surface area contributed by atoms with Crippen molar-refractivity contribution >= 4 is 5.57 Å². The summed E-state index contributed by atoms with van der Waals surface area (Å²) in [5.74, 6) is -2.88. The molecular weight excluding hydrogens is 519 g/mol. The fourth-order valence-corrected chi connectivity index (χ4v) is 4.86. The largest absolute Gasteiger partial charge is 0.356 e. The lowest BCUT2D eigenvalue weighted by Gasteiger charge is -2.17. The van der Waals surface area contributed by atoms with Gasteiger partial charge in [0, 0.05) is 48.9 Å². The Balaban J connectivity index is 1.43. The molecule has 0 bridgehead atoms. The minimum atomic E-state index is -2.62. The lowest BCUT2D eigenvalue weighted by atomic mass is 9.94. The molecule has 0 amide bonds. The summed E-state index contributed by atoms with van der Waals surface area (Å²) in [5, 5.41) is 3.34. The molecule has 0 radical (unpaired) electrons. The maximum atomic E-state index is 13.6. The van der Waals surface area contributed by atoms with Gasteiger partial charge in [-0.15, -0.1) is 0 Å². The first-order valence-corrected chi connectivity index (χ1v) is 13.6. The maximum absolute atomic E-state index is 13.6. The monoisotopic (exact) mass is 555 g/mol. The zero-order valence-electron chi connectivity index (χ0n) is 23.7. The van der Waals surface area contributed by atoms with Crippen molar-refractivity contribution in [3.8, 4) is 11.1 Å². The fraction of sp³-hybridized carbons (Fsp3) is 0.229. The number of halogens is 3. The minimum Gasteiger partial charge on any atom is -0.356 e. The summed E-state index contributed by atoms with van der Waals surface area (Å²) >= 11 is 0. The highest BCUT2D eigenvalue weighted by molar-refractivity contribution is 5.81. The second-order valence-electron chi connectivity index (χ2n) is 10.6. The highest BCUT2D eigenvalue weighted by Gasteiger charge is 2.37. The normalized spacial score (nSPS) is 15.3. The van der Waals surface area contributed by atoms with Gasteiger partial charge in [-0.3, -0.25) is 9.88 Å². The Morgan fingerprint density at radius 2 is 1.83 bits per heavy atom. The van der Waals surface area contributed by atoms with E-state index in [1.165, 1.54) is 12.1 Å². The molecular formula is C35H36F3N3. The van der Waals surface area contributed by atoms with Crippen LogP contribution in [0.5, 0.6) is 0 Å². The van der Waals surface area contributed by atoms with Gasteiger partial charge in [-0.2, -0.15) is 0 Å². The van der Waals surface area contributed by atoms with E-state index in [1.807, 2.05) is 56.3 Å². The highest BCUT2D eigenvalue weighted by Crippen LogP contribution is 2.31. The summed E-state index contributed by atoms with van der Waals surface area (Å²) in [5.41, 5.74) is 8.70. The number of rotatable bonds is 11. The number of pyridine rings is 1. The van der Waals surface area contributed by atoms with E-state index in [0.29, 0.717) is 25.2 Å². The third-order valence-electron chi connectivity index (χ3n) is 7.14. The van der Waals surface area contributed by atoms with Gasteiger partial charge in [0.1, 0.15) is 5.82 Å². The number of hydrogen-bond donors (Lipinski definition) is 1. The first-order valence-electron chi connectivity index (χ1n) is 13.6. The van der Waals surface area contributed by atoms with E-state index in [-0.39, 0.29) is 18.8 Å².